The van der Waals surface area contributed by atoms with E-state index >= 15 is 0 Å². The molecular weight excluding hydrogens is 667 g/mol. The quantitative estimate of drug-likeness (QED) is 0.277. The third-order valence-electron chi connectivity index (χ3n) is 10.3. The second-order valence-electron chi connectivity index (χ2n) is 13.4. The van der Waals surface area contributed by atoms with E-state index in [1.165, 1.54) is 17.2 Å². The molecule has 0 aromatic carbocycles. The molecule has 2 saturated heterocycles. The number of aromatic amines is 1. The summed E-state index contributed by atoms with van der Waals surface area (Å²) in [7, 11) is 0. The van der Waals surface area contributed by atoms with Gasteiger partial charge in [-0.25, -0.2) is 4.79 Å². The maximum atomic E-state index is 13.9. The Hall–Kier alpha value is -3.81. The predicted molar refractivity (Wildman–Crippen MR) is 149 cm³/mol. The first-order valence-electron chi connectivity index (χ1n) is 15.1. The van der Waals surface area contributed by atoms with Crippen LogP contribution in [0, 0.1) is 11.8 Å². The summed E-state index contributed by atoms with van der Waals surface area (Å²) in [5, 5.41) is 33.4. The van der Waals surface area contributed by atoms with Crippen molar-refractivity contribution in [2.75, 3.05) is 29.9 Å². The van der Waals surface area contributed by atoms with E-state index in [1.54, 1.807) is 0 Å². The Labute approximate surface area is 265 Å². The number of anilines is 2. The van der Waals surface area contributed by atoms with Gasteiger partial charge in [-0.15, -0.1) is 0 Å². The van der Waals surface area contributed by atoms with Crippen molar-refractivity contribution in [2.45, 2.75) is 80.3 Å². The van der Waals surface area contributed by atoms with Crippen molar-refractivity contribution in [3.8, 4) is 11.4 Å². The second-order valence-corrected chi connectivity index (χ2v) is 13.4. The molecule has 2 saturated carbocycles. The number of urea groups is 1. The van der Waals surface area contributed by atoms with Crippen LogP contribution in [0.4, 0.5) is 55.8 Å². The molecule has 0 bridgehead atoms. The number of hydrogen-bond donors (Lipinski definition) is 4. The molecule has 3 unspecified atom stereocenters. The summed E-state index contributed by atoms with van der Waals surface area (Å²) in [5.41, 5.74) is -7.34. The SMILES string of the molecule is O=C(Nc1cn[nH]c1-c1cc2c(cn1)c(N1CC(O)(C(F)(F)F)C1)nn2CC(F)(F)F)N1CCC(O)(C(F)(F)F)CC12CC2C1CCC1. The van der Waals surface area contributed by atoms with E-state index in [-0.39, 0.29) is 52.2 Å². The van der Waals surface area contributed by atoms with Crippen LogP contribution in [-0.2, 0) is 6.54 Å². The molecule has 2 aliphatic heterocycles. The summed E-state index contributed by atoms with van der Waals surface area (Å²) in [4.78, 5) is 20.2. The number of amides is 2. The van der Waals surface area contributed by atoms with Gasteiger partial charge in [0.05, 0.1) is 47.1 Å². The zero-order valence-corrected chi connectivity index (χ0v) is 24.8. The predicted octanol–water partition coefficient (Wildman–Crippen LogP) is 4.98. The van der Waals surface area contributed by atoms with Crippen molar-refractivity contribution >= 4 is 28.4 Å². The molecular formula is C28H29F9N8O3. The fourth-order valence-electron chi connectivity index (χ4n) is 7.42. The number of carbonyl (C=O) groups is 1. The molecule has 48 heavy (non-hydrogen) atoms. The topological polar surface area (TPSA) is 135 Å². The Morgan fingerprint density at radius 1 is 1.02 bits per heavy atom. The lowest BCUT2D eigenvalue weighted by Gasteiger charge is -2.47. The van der Waals surface area contributed by atoms with Crippen LogP contribution in [-0.4, -0.2) is 101 Å². The number of hydrogen-bond acceptors (Lipinski definition) is 7. The molecule has 3 atom stereocenters. The molecule has 3 aromatic rings. The van der Waals surface area contributed by atoms with Crippen LogP contribution in [0.25, 0.3) is 22.3 Å². The van der Waals surface area contributed by atoms with Crippen molar-refractivity contribution in [2.24, 2.45) is 11.8 Å². The van der Waals surface area contributed by atoms with Crippen LogP contribution in [0.2, 0.25) is 0 Å². The van der Waals surface area contributed by atoms with E-state index in [0.717, 1.165) is 30.4 Å². The van der Waals surface area contributed by atoms with E-state index < -0.39 is 73.8 Å². The van der Waals surface area contributed by atoms with E-state index in [0.29, 0.717) is 11.1 Å². The molecule has 4 aliphatic rings. The van der Waals surface area contributed by atoms with E-state index in [4.69, 9.17) is 0 Å². The number of alkyl halides is 9. The monoisotopic (exact) mass is 696 g/mol. The molecule has 5 heterocycles. The van der Waals surface area contributed by atoms with Gasteiger partial charge in [0.1, 0.15) is 12.2 Å². The average molecular weight is 697 g/mol. The van der Waals surface area contributed by atoms with Gasteiger partial charge in [-0.3, -0.25) is 14.8 Å². The molecule has 1 spiro atoms. The van der Waals surface area contributed by atoms with Gasteiger partial charge in [0, 0.05) is 25.6 Å². The molecule has 3 aromatic heterocycles. The fourth-order valence-corrected chi connectivity index (χ4v) is 7.42. The van der Waals surface area contributed by atoms with Crippen molar-refractivity contribution in [1.29, 1.82) is 0 Å². The third-order valence-corrected chi connectivity index (χ3v) is 10.3. The molecule has 11 nitrogen and oxygen atoms in total. The number of likely N-dealkylation sites (tertiary alicyclic amines) is 1. The molecule has 4 fully saturated rings. The Kier molecular flexibility index (Phi) is 7.06. The number of fused-ring (bicyclic) bond motifs is 1. The molecule has 2 amide bonds. The summed E-state index contributed by atoms with van der Waals surface area (Å²) in [6, 6.07) is 0.430. The molecule has 7 rings (SSSR count). The van der Waals surface area contributed by atoms with Crippen molar-refractivity contribution < 1.29 is 54.5 Å². The van der Waals surface area contributed by atoms with E-state index in [1.807, 2.05) is 0 Å². The van der Waals surface area contributed by atoms with Crippen LogP contribution in [0.1, 0.15) is 38.5 Å². The summed E-state index contributed by atoms with van der Waals surface area (Å²) in [5.74, 6) is -0.318. The first-order chi connectivity index (χ1) is 22.2. The minimum Gasteiger partial charge on any atom is -0.380 e. The minimum absolute atomic E-state index is 0.0135. The number of β-amino-alcohol motifs (C(OH)–C–C–N with tert-alkyl or cyclic N) is 1. The maximum Gasteiger partial charge on any atom is 0.420 e. The summed E-state index contributed by atoms with van der Waals surface area (Å²) in [6.45, 7) is -3.87. The lowest BCUT2D eigenvalue weighted by Crippen LogP contribution is -2.69. The smallest absolute Gasteiger partial charge is 0.380 e. The Morgan fingerprint density at radius 2 is 1.71 bits per heavy atom. The van der Waals surface area contributed by atoms with Gasteiger partial charge in [0.25, 0.3) is 0 Å². The number of nitrogens with zero attached hydrogens (tertiary/aromatic N) is 6. The maximum absolute atomic E-state index is 13.9. The Balaban J connectivity index is 1.16. The molecule has 2 aliphatic carbocycles. The molecule has 0 radical (unpaired) electrons. The normalized spacial score (nSPS) is 27.7. The number of H-pyrrole nitrogens is 1. The van der Waals surface area contributed by atoms with E-state index in [9.17, 15) is 54.5 Å². The largest absolute Gasteiger partial charge is 0.420 e. The van der Waals surface area contributed by atoms with Gasteiger partial charge in [-0.2, -0.15) is 49.7 Å². The van der Waals surface area contributed by atoms with Crippen molar-refractivity contribution in [3.63, 3.8) is 0 Å². The summed E-state index contributed by atoms with van der Waals surface area (Å²) < 4.78 is 122. The molecule has 262 valence electrons. The number of carbonyl (C=O) groups excluding carboxylic acids is 1. The lowest BCUT2D eigenvalue weighted by molar-refractivity contribution is -0.278. The van der Waals surface area contributed by atoms with Crippen molar-refractivity contribution in [1.82, 2.24) is 29.9 Å². The first-order valence-corrected chi connectivity index (χ1v) is 15.1. The van der Waals surface area contributed by atoms with Gasteiger partial charge in [-0.1, -0.05) is 19.3 Å². The fraction of sp³-hybridized carbons (Fsp3) is 0.643. The highest BCUT2D eigenvalue weighted by Crippen LogP contribution is 2.64. The minimum atomic E-state index is -4.97. The summed E-state index contributed by atoms with van der Waals surface area (Å²) >= 11 is 0. The zero-order chi connectivity index (χ0) is 34.7. The van der Waals surface area contributed by atoms with Crippen LogP contribution in [0.5, 0.6) is 0 Å². The van der Waals surface area contributed by atoms with Crippen LogP contribution < -0.4 is 10.2 Å². The number of aliphatic hydroxyl groups is 2. The number of piperidine rings is 1. The van der Waals surface area contributed by atoms with Crippen LogP contribution >= 0.6 is 0 Å². The number of aromatic nitrogens is 5. The highest BCUT2D eigenvalue weighted by molar-refractivity contribution is 5.96. The zero-order valence-electron chi connectivity index (χ0n) is 24.8. The Morgan fingerprint density at radius 3 is 2.31 bits per heavy atom. The standard InChI is InChI=1S/C28H29F9N8O3/c29-26(30,31)13-45-19-6-17(38-8-15(19)21(42-45)43-11-25(48,12-43)28(35,36)37)20-18(9-39-41-20)40-22(46)44-5-4-24(47,27(32,33)34)10-23(44)7-16(23)14-2-1-3-14/h6,8-9,14,16,47-48H,1-5,7,10-13H2,(H,39,41)(H,40,46). The number of rotatable bonds is 5. The highest BCUT2D eigenvalue weighted by Gasteiger charge is 2.71. The van der Waals surface area contributed by atoms with Gasteiger partial charge in [0.2, 0.25) is 0 Å². The highest BCUT2D eigenvalue weighted by atomic mass is 19.4. The average Bonchev–Trinajstić information content (AvgIpc) is 3.23. The molecule has 4 N–H and O–H groups in total. The Bertz CT molecular complexity index is 1740. The second kappa shape index (κ2) is 10.3. The van der Waals surface area contributed by atoms with E-state index in [2.05, 4.69) is 25.6 Å². The third kappa shape index (κ3) is 5.21. The summed E-state index contributed by atoms with van der Waals surface area (Å²) in [6.07, 6.45) is -10.8. The molecule has 20 heteroatoms. The lowest BCUT2D eigenvalue weighted by atomic mass is 9.76. The van der Waals surface area contributed by atoms with Crippen LogP contribution in [0.3, 0.4) is 0 Å². The number of halogens is 9. The number of pyridine rings is 1. The number of nitrogens with one attached hydrogen (secondary N) is 2. The van der Waals surface area contributed by atoms with Gasteiger partial charge in [0.15, 0.2) is 17.0 Å². The first kappa shape index (κ1) is 32.7. The van der Waals surface area contributed by atoms with Gasteiger partial charge in [-0.05, 0) is 24.3 Å². The van der Waals surface area contributed by atoms with Crippen LogP contribution in [0.15, 0.2) is 18.5 Å². The van der Waals surface area contributed by atoms with Gasteiger partial charge < -0.3 is 25.3 Å². The van der Waals surface area contributed by atoms with Gasteiger partial charge >= 0.3 is 24.6 Å². The van der Waals surface area contributed by atoms with Crippen molar-refractivity contribution in [3.05, 3.63) is 18.5 Å².